The molecule has 2 aliphatic rings. The highest BCUT2D eigenvalue weighted by molar-refractivity contribution is 7.88. The fourth-order valence-corrected chi connectivity index (χ4v) is 5.95. The number of benzene rings is 1. The van der Waals surface area contributed by atoms with Gasteiger partial charge in [-0.05, 0) is 49.7 Å². The lowest BCUT2D eigenvalue weighted by molar-refractivity contribution is 0.0156. The minimum atomic E-state index is -3.46. The van der Waals surface area contributed by atoms with E-state index in [2.05, 4.69) is 29.0 Å². The van der Waals surface area contributed by atoms with Gasteiger partial charge in [-0.3, -0.25) is 9.36 Å². The van der Waals surface area contributed by atoms with Crippen LogP contribution in [0.2, 0.25) is 0 Å². The van der Waals surface area contributed by atoms with Crippen LogP contribution in [-0.4, -0.2) is 50.6 Å². The van der Waals surface area contributed by atoms with Gasteiger partial charge in [-0.2, -0.15) is 8.78 Å². The second kappa shape index (κ2) is 10.5. The molecule has 2 aromatic rings. The number of alkyl halides is 2. The van der Waals surface area contributed by atoms with Crippen molar-refractivity contribution in [3.63, 3.8) is 0 Å². The molecule has 2 fully saturated rings. The molecule has 1 aliphatic heterocycles. The summed E-state index contributed by atoms with van der Waals surface area (Å²) in [6, 6.07) is 12.3. The van der Waals surface area contributed by atoms with Crippen LogP contribution in [0.5, 0.6) is 0 Å². The van der Waals surface area contributed by atoms with E-state index in [-0.39, 0.29) is 18.8 Å². The number of sulfonamides is 1. The van der Waals surface area contributed by atoms with Crippen molar-refractivity contribution in [1.29, 1.82) is 0 Å². The molecule has 2 heterocycles. The Balaban J connectivity index is 1.45. The zero-order valence-corrected chi connectivity index (χ0v) is 20.0. The number of nitrogens with zero attached hydrogens (tertiary/aromatic N) is 2. The number of nitrogens with one attached hydrogen (secondary N) is 1. The van der Waals surface area contributed by atoms with Crippen LogP contribution < -0.4 is 15.2 Å². The first-order valence-corrected chi connectivity index (χ1v) is 13.5. The van der Waals surface area contributed by atoms with E-state index in [1.54, 1.807) is 0 Å². The maximum absolute atomic E-state index is 13.3. The van der Waals surface area contributed by atoms with Crippen LogP contribution >= 0.6 is 0 Å². The normalized spacial score (nSPS) is 25.7. The van der Waals surface area contributed by atoms with Gasteiger partial charge in [0.15, 0.2) is 0 Å². The van der Waals surface area contributed by atoms with E-state index in [4.69, 9.17) is 4.74 Å². The number of ether oxygens (including phenoxy) is 1. The van der Waals surface area contributed by atoms with E-state index >= 15 is 0 Å². The molecule has 1 aliphatic carbocycles. The van der Waals surface area contributed by atoms with E-state index < -0.39 is 28.2 Å². The van der Waals surface area contributed by atoms with Crippen LogP contribution in [-0.2, 0) is 14.8 Å². The predicted octanol–water partition coefficient (Wildman–Crippen LogP) is 3.48. The summed E-state index contributed by atoms with van der Waals surface area (Å²) in [5.41, 5.74) is 1.00. The second-order valence-electron chi connectivity index (χ2n) is 9.17. The third-order valence-corrected chi connectivity index (χ3v) is 7.55. The van der Waals surface area contributed by atoms with E-state index in [9.17, 15) is 22.0 Å². The zero-order chi connectivity index (χ0) is 24.3. The van der Waals surface area contributed by atoms with Gasteiger partial charge in [0.05, 0.1) is 30.7 Å². The van der Waals surface area contributed by atoms with Crippen molar-refractivity contribution >= 4 is 15.7 Å². The molecule has 1 saturated carbocycles. The van der Waals surface area contributed by atoms with Crippen molar-refractivity contribution in [3.05, 3.63) is 64.6 Å². The lowest BCUT2D eigenvalue weighted by Gasteiger charge is -2.33. The molecule has 2 atom stereocenters. The van der Waals surface area contributed by atoms with Crippen molar-refractivity contribution in [1.82, 2.24) is 9.29 Å². The van der Waals surface area contributed by atoms with Gasteiger partial charge >= 0.3 is 6.55 Å². The summed E-state index contributed by atoms with van der Waals surface area (Å²) in [7, 11) is -3.46. The predicted molar refractivity (Wildman–Crippen MR) is 127 cm³/mol. The number of aromatic nitrogens is 1. The van der Waals surface area contributed by atoms with Crippen LogP contribution in [0.4, 0.5) is 14.5 Å². The number of pyridine rings is 1. The monoisotopic (exact) mass is 495 g/mol. The number of hydrogen-bond acceptors (Lipinski definition) is 5. The summed E-state index contributed by atoms with van der Waals surface area (Å²) >= 11 is 0. The zero-order valence-electron chi connectivity index (χ0n) is 19.1. The van der Waals surface area contributed by atoms with Crippen LogP contribution in [0, 0.1) is 0 Å². The summed E-state index contributed by atoms with van der Waals surface area (Å²) in [6.07, 6.45) is 6.68. The average Bonchev–Trinajstić information content (AvgIpc) is 3.19. The van der Waals surface area contributed by atoms with Crippen molar-refractivity contribution in [3.8, 4) is 0 Å². The Morgan fingerprint density at radius 3 is 2.41 bits per heavy atom. The fraction of sp³-hybridized carbons (Fsp3) is 0.542. The average molecular weight is 496 g/mol. The highest BCUT2D eigenvalue weighted by atomic mass is 32.2. The SMILES string of the molecule is CS(=O)(=O)N[C@H]1CCN(c2ccc(=O)n(C(F)F)c2)[C@H]1COC1CCC(c2ccccc2)CC1. The van der Waals surface area contributed by atoms with Crippen LogP contribution in [0.15, 0.2) is 53.5 Å². The summed E-state index contributed by atoms with van der Waals surface area (Å²) in [5.74, 6) is 0.513. The number of anilines is 1. The van der Waals surface area contributed by atoms with Crippen LogP contribution in [0.3, 0.4) is 0 Å². The molecule has 0 bridgehead atoms. The molecule has 4 rings (SSSR count). The molecule has 1 aromatic carbocycles. The van der Waals surface area contributed by atoms with Crippen molar-refractivity contribution in [2.45, 2.75) is 62.8 Å². The minimum absolute atomic E-state index is 0.0660. The quantitative estimate of drug-likeness (QED) is 0.607. The highest BCUT2D eigenvalue weighted by Gasteiger charge is 2.37. The number of halogens is 2. The fourth-order valence-electron chi connectivity index (χ4n) is 5.13. The molecule has 0 unspecified atom stereocenters. The molecule has 0 spiro atoms. The molecule has 186 valence electrons. The van der Waals surface area contributed by atoms with Crippen molar-refractivity contribution in [2.24, 2.45) is 0 Å². The molecular formula is C24H31F2N3O4S. The Morgan fingerprint density at radius 1 is 1.06 bits per heavy atom. The molecule has 7 nitrogen and oxygen atoms in total. The van der Waals surface area contributed by atoms with Gasteiger partial charge in [0.1, 0.15) is 0 Å². The van der Waals surface area contributed by atoms with Crippen molar-refractivity contribution in [2.75, 3.05) is 24.3 Å². The Hall–Kier alpha value is -2.30. The number of hydrogen-bond donors (Lipinski definition) is 1. The van der Waals surface area contributed by atoms with Crippen molar-refractivity contribution < 1.29 is 21.9 Å². The largest absolute Gasteiger partial charge is 0.376 e. The Bertz CT molecular complexity index is 1120. The Kier molecular flexibility index (Phi) is 7.69. The molecule has 0 radical (unpaired) electrons. The Labute approximate surface area is 198 Å². The molecule has 1 aromatic heterocycles. The molecule has 1 N–H and O–H groups in total. The highest BCUT2D eigenvalue weighted by Crippen LogP contribution is 2.34. The summed E-state index contributed by atoms with van der Waals surface area (Å²) in [6.45, 7) is -2.22. The van der Waals surface area contributed by atoms with Gasteiger partial charge in [0.2, 0.25) is 10.0 Å². The first kappa shape index (κ1) is 24.8. The van der Waals surface area contributed by atoms with Gasteiger partial charge < -0.3 is 9.64 Å². The second-order valence-corrected chi connectivity index (χ2v) is 11.0. The summed E-state index contributed by atoms with van der Waals surface area (Å²) in [5, 5.41) is 0. The third-order valence-electron chi connectivity index (χ3n) is 6.82. The minimum Gasteiger partial charge on any atom is -0.376 e. The van der Waals surface area contributed by atoms with E-state index in [0.717, 1.165) is 44.2 Å². The molecule has 34 heavy (non-hydrogen) atoms. The first-order chi connectivity index (χ1) is 16.2. The summed E-state index contributed by atoms with van der Waals surface area (Å²) in [4.78, 5) is 13.6. The molecule has 10 heteroatoms. The van der Waals surface area contributed by atoms with Gasteiger partial charge in [-0.25, -0.2) is 13.1 Å². The molecule has 1 saturated heterocycles. The topological polar surface area (TPSA) is 80.6 Å². The lowest BCUT2D eigenvalue weighted by Crippen LogP contribution is -2.48. The van der Waals surface area contributed by atoms with Gasteiger partial charge in [0.25, 0.3) is 5.56 Å². The standard InChI is InChI=1S/C24H31F2N3O4S/c1-34(31,32)27-21-13-14-28(19-9-12-23(30)29(15-19)24(25)26)22(21)16-33-20-10-7-18(8-11-20)17-5-3-2-4-6-17/h2-6,9,12,15,18,20-22,24,27H,7-8,10-11,13-14,16H2,1H3/t18?,20?,21-,22-/m0/s1. The molecular weight excluding hydrogens is 464 g/mol. The van der Waals surface area contributed by atoms with Gasteiger partial charge in [-0.1, -0.05) is 30.3 Å². The van der Waals surface area contributed by atoms with E-state index in [1.807, 2.05) is 11.0 Å². The van der Waals surface area contributed by atoms with Crippen LogP contribution in [0.25, 0.3) is 0 Å². The lowest BCUT2D eigenvalue weighted by atomic mass is 9.83. The molecule has 0 amide bonds. The first-order valence-electron chi connectivity index (χ1n) is 11.6. The smallest absolute Gasteiger partial charge is 0.321 e. The maximum atomic E-state index is 13.3. The van der Waals surface area contributed by atoms with E-state index in [1.165, 1.54) is 11.6 Å². The van der Waals surface area contributed by atoms with Crippen LogP contribution in [0.1, 0.15) is 50.1 Å². The number of rotatable bonds is 8. The van der Waals surface area contributed by atoms with E-state index in [0.29, 0.717) is 29.1 Å². The maximum Gasteiger partial charge on any atom is 0.321 e. The Morgan fingerprint density at radius 2 is 1.76 bits per heavy atom. The van der Waals surface area contributed by atoms with Gasteiger partial charge in [0, 0.05) is 24.8 Å². The third kappa shape index (κ3) is 6.03. The summed E-state index contributed by atoms with van der Waals surface area (Å²) < 4.78 is 59.7. The van der Waals surface area contributed by atoms with Gasteiger partial charge in [-0.15, -0.1) is 0 Å².